The second-order valence-electron chi connectivity index (χ2n) is 3.98. The van der Waals surface area contributed by atoms with Crippen molar-refractivity contribution in [2.24, 2.45) is 0 Å². The Morgan fingerprint density at radius 3 is 2.59 bits per heavy atom. The van der Waals surface area contributed by atoms with Crippen LogP contribution in [0.4, 0.5) is 0 Å². The first-order valence-corrected chi connectivity index (χ1v) is 5.46. The molecule has 3 N–H and O–H groups in total. The van der Waals surface area contributed by atoms with E-state index in [2.05, 4.69) is 10.6 Å². The van der Waals surface area contributed by atoms with E-state index in [1.54, 1.807) is 0 Å². The van der Waals surface area contributed by atoms with Gasteiger partial charge in [-0.05, 0) is 5.56 Å². The molecule has 1 aromatic rings. The zero-order chi connectivity index (χ0) is 12.3. The van der Waals surface area contributed by atoms with E-state index in [9.17, 15) is 14.7 Å². The van der Waals surface area contributed by atoms with Gasteiger partial charge in [0.25, 0.3) is 0 Å². The minimum Gasteiger partial charge on any atom is -0.394 e. The van der Waals surface area contributed by atoms with E-state index < -0.39 is 6.04 Å². The molecule has 1 fully saturated rings. The highest BCUT2D eigenvalue weighted by Crippen LogP contribution is 2.14. The van der Waals surface area contributed by atoms with Gasteiger partial charge in [-0.1, -0.05) is 30.3 Å². The van der Waals surface area contributed by atoms with Gasteiger partial charge in [-0.25, -0.2) is 0 Å². The molecule has 1 saturated heterocycles. The third kappa shape index (κ3) is 2.69. The average molecular weight is 234 g/mol. The lowest BCUT2D eigenvalue weighted by Crippen LogP contribution is -2.39. The van der Waals surface area contributed by atoms with Crippen LogP contribution in [0.25, 0.3) is 0 Å². The van der Waals surface area contributed by atoms with Crippen LogP contribution < -0.4 is 10.6 Å². The van der Waals surface area contributed by atoms with Gasteiger partial charge in [0.2, 0.25) is 11.8 Å². The first-order valence-electron chi connectivity index (χ1n) is 5.46. The Kier molecular flexibility index (Phi) is 3.51. The Morgan fingerprint density at radius 2 is 2.06 bits per heavy atom. The van der Waals surface area contributed by atoms with Crippen molar-refractivity contribution in [3.8, 4) is 0 Å². The number of carbonyl (C=O) groups is 2. The lowest BCUT2D eigenvalue weighted by atomic mass is 10.1. The molecule has 90 valence electrons. The van der Waals surface area contributed by atoms with Gasteiger partial charge >= 0.3 is 0 Å². The molecule has 0 radical (unpaired) electrons. The highest BCUT2D eigenvalue weighted by molar-refractivity contribution is 6.05. The van der Waals surface area contributed by atoms with Gasteiger partial charge < -0.3 is 5.11 Å². The van der Waals surface area contributed by atoms with Gasteiger partial charge in [0.1, 0.15) is 0 Å². The van der Waals surface area contributed by atoms with Crippen molar-refractivity contribution in [3.63, 3.8) is 0 Å². The molecule has 0 aromatic heterocycles. The quantitative estimate of drug-likeness (QED) is 0.626. The van der Waals surface area contributed by atoms with Gasteiger partial charge in [-0.2, -0.15) is 0 Å². The van der Waals surface area contributed by atoms with Crippen LogP contribution in [0.3, 0.4) is 0 Å². The molecule has 17 heavy (non-hydrogen) atoms. The normalized spacial score (nSPS) is 21.4. The average Bonchev–Trinajstić information content (AvgIpc) is 2.66. The minimum atomic E-state index is -0.556. The summed E-state index contributed by atoms with van der Waals surface area (Å²) in [6, 6.07) is 8.44. The van der Waals surface area contributed by atoms with E-state index in [4.69, 9.17) is 0 Å². The summed E-state index contributed by atoms with van der Waals surface area (Å²) < 4.78 is 0. The summed E-state index contributed by atoms with van der Waals surface area (Å²) in [5.74, 6) is -0.610. The summed E-state index contributed by atoms with van der Waals surface area (Å²) in [6.07, 6.45) is 0.127. The maximum Gasteiger partial charge on any atom is 0.244 e. The van der Waals surface area contributed by atoms with Crippen molar-refractivity contribution in [1.82, 2.24) is 10.6 Å². The second-order valence-corrected chi connectivity index (χ2v) is 3.98. The van der Waals surface area contributed by atoms with E-state index >= 15 is 0 Å². The summed E-state index contributed by atoms with van der Waals surface area (Å²) in [5, 5.41) is 14.5. The molecule has 5 nitrogen and oxygen atoms in total. The Labute approximate surface area is 98.8 Å². The number of aliphatic hydroxyl groups excluding tert-OH is 1. The molecule has 1 aromatic carbocycles. The summed E-state index contributed by atoms with van der Waals surface area (Å²) in [6.45, 7) is -0.123. The minimum absolute atomic E-state index is 0.123. The van der Waals surface area contributed by atoms with Gasteiger partial charge in [-0.3, -0.25) is 20.2 Å². The summed E-state index contributed by atoms with van der Waals surface area (Å²) >= 11 is 0. The number of carbonyl (C=O) groups excluding carboxylic acids is 2. The summed E-state index contributed by atoms with van der Waals surface area (Å²) in [5.41, 5.74) is 0.891. The maximum atomic E-state index is 11.4. The molecule has 2 amide bonds. The monoisotopic (exact) mass is 234 g/mol. The number of amides is 2. The molecule has 2 atom stereocenters. The van der Waals surface area contributed by atoms with Crippen molar-refractivity contribution in [2.75, 3.05) is 6.61 Å². The van der Waals surface area contributed by atoms with Crippen LogP contribution in [-0.4, -0.2) is 29.6 Å². The van der Waals surface area contributed by atoms with Crippen molar-refractivity contribution >= 4 is 11.8 Å². The number of hydrogen-bond donors (Lipinski definition) is 3. The first-order chi connectivity index (χ1) is 8.20. The van der Waals surface area contributed by atoms with Crippen LogP contribution in [0.1, 0.15) is 18.0 Å². The molecular weight excluding hydrogens is 220 g/mol. The zero-order valence-electron chi connectivity index (χ0n) is 9.22. The SMILES string of the molecule is O=C1CC(NC(CO)c2ccccc2)C(=O)N1. The standard InChI is InChI=1S/C12H14N2O3/c15-7-10(8-4-2-1-3-5-8)13-9-6-11(16)14-12(9)17/h1-5,9-10,13,15H,6-7H2,(H,14,16,17). The lowest BCUT2D eigenvalue weighted by molar-refractivity contribution is -0.125. The Morgan fingerprint density at radius 1 is 1.35 bits per heavy atom. The molecule has 1 aliphatic heterocycles. The van der Waals surface area contributed by atoms with Crippen LogP contribution in [0, 0.1) is 0 Å². The molecule has 1 aliphatic rings. The Bertz CT molecular complexity index is 419. The number of rotatable bonds is 4. The van der Waals surface area contributed by atoms with Crippen LogP contribution in [0.15, 0.2) is 30.3 Å². The molecule has 5 heteroatoms. The van der Waals surface area contributed by atoms with Gasteiger partial charge in [-0.15, -0.1) is 0 Å². The highest BCUT2D eigenvalue weighted by atomic mass is 16.3. The fraction of sp³-hybridized carbons (Fsp3) is 0.333. The van der Waals surface area contributed by atoms with Crippen molar-refractivity contribution < 1.29 is 14.7 Å². The predicted molar refractivity (Wildman–Crippen MR) is 61.0 cm³/mol. The Balaban J connectivity index is 2.06. The fourth-order valence-electron chi connectivity index (χ4n) is 1.87. The van der Waals surface area contributed by atoms with E-state index in [1.807, 2.05) is 30.3 Å². The van der Waals surface area contributed by atoms with E-state index in [0.717, 1.165) is 5.56 Å². The lowest BCUT2D eigenvalue weighted by Gasteiger charge is -2.19. The summed E-state index contributed by atoms with van der Waals surface area (Å²) in [7, 11) is 0. The van der Waals surface area contributed by atoms with Crippen molar-refractivity contribution in [1.29, 1.82) is 0 Å². The van der Waals surface area contributed by atoms with E-state index in [-0.39, 0.29) is 30.9 Å². The van der Waals surface area contributed by atoms with E-state index in [1.165, 1.54) is 0 Å². The smallest absolute Gasteiger partial charge is 0.244 e. The third-order valence-corrected chi connectivity index (χ3v) is 2.76. The number of benzene rings is 1. The third-order valence-electron chi connectivity index (χ3n) is 2.76. The molecule has 0 saturated carbocycles. The van der Waals surface area contributed by atoms with Crippen molar-refractivity contribution in [2.45, 2.75) is 18.5 Å². The van der Waals surface area contributed by atoms with E-state index in [0.29, 0.717) is 0 Å². The number of aliphatic hydroxyl groups is 1. The molecule has 1 heterocycles. The predicted octanol–water partition coefficient (Wildman–Crippen LogP) is -0.275. The highest BCUT2D eigenvalue weighted by Gasteiger charge is 2.32. The molecule has 0 aliphatic carbocycles. The summed E-state index contributed by atoms with van der Waals surface area (Å²) in [4.78, 5) is 22.4. The first kappa shape index (κ1) is 11.8. The van der Waals surface area contributed by atoms with Crippen LogP contribution in [0.2, 0.25) is 0 Å². The van der Waals surface area contributed by atoms with Gasteiger partial charge in [0.15, 0.2) is 0 Å². The van der Waals surface area contributed by atoms with Crippen LogP contribution in [0.5, 0.6) is 0 Å². The second kappa shape index (κ2) is 5.07. The largest absolute Gasteiger partial charge is 0.394 e. The van der Waals surface area contributed by atoms with Gasteiger partial charge in [0.05, 0.1) is 25.1 Å². The fourth-order valence-corrected chi connectivity index (χ4v) is 1.87. The number of hydrogen-bond acceptors (Lipinski definition) is 4. The molecule has 2 rings (SSSR count). The van der Waals surface area contributed by atoms with Crippen LogP contribution in [-0.2, 0) is 9.59 Å². The molecule has 0 bridgehead atoms. The molecule has 2 unspecified atom stereocenters. The maximum absolute atomic E-state index is 11.4. The number of imide groups is 1. The number of nitrogens with one attached hydrogen (secondary N) is 2. The van der Waals surface area contributed by atoms with Crippen LogP contribution >= 0.6 is 0 Å². The van der Waals surface area contributed by atoms with Crippen molar-refractivity contribution in [3.05, 3.63) is 35.9 Å². The van der Waals surface area contributed by atoms with Gasteiger partial charge in [0, 0.05) is 0 Å². The topological polar surface area (TPSA) is 78.4 Å². The molecule has 0 spiro atoms. The molecular formula is C12H14N2O3. The Hall–Kier alpha value is -1.72. The zero-order valence-corrected chi connectivity index (χ0v) is 9.22.